The van der Waals surface area contributed by atoms with Gasteiger partial charge in [-0.3, -0.25) is 0 Å². The molecule has 2 heterocycles. The molecule has 92 valence electrons. The number of hydrogen-bond acceptors (Lipinski definition) is 6. The van der Waals surface area contributed by atoms with Crippen LogP contribution in [0.15, 0.2) is 12.1 Å². The molecule has 1 atom stereocenters. The van der Waals surface area contributed by atoms with Crippen LogP contribution in [0.4, 0.5) is 5.82 Å². The average molecular weight is 236 g/mol. The fraction of sp³-hybridized carbons (Fsp3) is 0.545. The minimum Gasteiger partial charge on any atom is -0.464 e. The zero-order chi connectivity index (χ0) is 12.3. The predicted octanol–water partition coefficient (Wildman–Crippen LogP) is 0.0613. The Balaban J connectivity index is 2.14. The number of ether oxygens (including phenoxy) is 1. The Morgan fingerprint density at radius 2 is 2.35 bits per heavy atom. The van der Waals surface area contributed by atoms with Gasteiger partial charge in [-0.1, -0.05) is 0 Å². The summed E-state index contributed by atoms with van der Waals surface area (Å²) < 4.78 is 4.58. The lowest BCUT2D eigenvalue weighted by molar-refractivity contribution is 0.0592. The highest BCUT2D eigenvalue weighted by molar-refractivity contribution is 5.86. The number of hydrogen-bond donors (Lipinski definition) is 1. The number of anilines is 1. The molecule has 0 saturated carbocycles. The zero-order valence-corrected chi connectivity index (χ0v) is 10.0. The third kappa shape index (κ3) is 2.52. The molecule has 1 N–H and O–H groups in total. The predicted molar refractivity (Wildman–Crippen MR) is 63.0 cm³/mol. The highest BCUT2D eigenvalue weighted by Gasteiger charge is 2.20. The molecule has 1 aromatic rings. The maximum absolute atomic E-state index is 11.2. The Bertz CT molecular complexity index is 393. The Morgan fingerprint density at radius 3 is 2.94 bits per heavy atom. The molecule has 2 rings (SSSR count). The van der Waals surface area contributed by atoms with Crippen LogP contribution in [0.3, 0.4) is 0 Å². The van der Waals surface area contributed by atoms with Crippen LogP contribution in [0, 0.1) is 0 Å². The van der Waals surface area contributed by atoms with Gasteiger partial charge in [0.05, 0.1) is 7.11 Å². The van der Waals surface area contributed by atoms with Gasteiger partial charge in [0.2, 0.25) is 0 Å². The molecule has 1 aromatic heterocycles. The fourth-order valence-corrected chi connectivity index (χ4v) is 1.87. The van der Waals surface area contributed by atoms with E-state index in [0.717, 1.165) is 25.5 Å². The van der Waals surface area contributed by atoms with Crippen molar-refractivity contribution < 1.29 is 9.53 Å². The summed E-state index contributed by atoms with van der Waals surface area (Å²) in [6, 6.07) is 3.83. The molecular formula is C11H16N4O2. The summed E-state index contributed by atoms with van der Waals surface area (Å²) in [7, 11) is 1.33. The van der Waals surface area contributed by atoms with E-state index >= 15 is 0 Å². The molecule has 0 aromatic carbocycles. The van der Waals surface area contributed by atoms with Gasteiger partial charge >= 0.3 is 5.97 Å². The van der Waals surface area contributed by atoms with Crippen LogP contribution in [0.5, 0.6) is 0 Å². The van der Waals surface area contributed by atoms with E-state index in [1.165, 1.54) is 7.11 Å². The fourth-order valence-electron chi connectivity index (χ4n) is 1.87. The molecule has 1 unspecified atom stereocenters. The molecule has 0 amide bonds. The van der Waals surface area contributed by atoms with Crippen molar-refractivity contribution in [1.82, 2.24) is 15.5 Å². The Hall–Kier alpha value is -1.69. The smallest absolute Gasteiger partial charge is 0.358 e. The van der Waals surface area contributed by atoms with Gasteiger partial charge in [-0.2, -0.15) is 0 Å². The van der Waals surface area contributed by atoms with Crippen molar-refractivity contribution in [1.29, 1.82) is 0 Å². The molecule has 17 heavy (non-hydrogen) atoms. The maximum Gasteiger partial charge on any atom is 0.358 e. The minimum absolute atomic E-state index is 0.235. The van der Waals surface area contributed by atoms with E-state index in [2.05, 4.69) is 32.1 Å². The normalized spacial score (nSPS) is 20.1. The summed E-state index contributed by atoms with van der Waals surface area (Å²) in [5.74, 6) is 0.337. The van der Waals surface area contributed by atoms with Crippen molar-refractivity contribution in [2.75, 3.05) is 31.6 Å². The van der Waals surface area contributed by atoms with Gasteiger partial charge in [-0.15, -0.1) is 10.2 Å². The Morgan fingerprint density at radius 1 is 1.53 bits per heavy atom. The standard InChI is InChI=1S/C11H16N4O2/c1-8-7-12-5-6-15(8)10-4-3-9(13-14-10)11(16)17-2/h3-4,8,12H,5-7H2,1-2H3. The van der Waals surface area contributed by atoms with Crippen LogP contribution >= 0.6 is 0 Å². The van der Waals surface area contributed by atoms with Crippen LogP contribution in [0.1, 0.15) is 17.4 Å². The van der Waals surface area contributed by atoms with Crippen molar-refractivity contribution in [3.05, 3.63) is 17.8 Å². The summed E-state index contributed by atoms with van der Waals surface area (Å²) in [4.78, 5) is 13.4. The molecule has 1 saturated heterocycles. The molecule has 6 nitrogen and oxygen atoms in total. The minimum atomic E-state index is -0.461. The second kappa shape index (κ2) is 5.09. The number of methoxy groups -OCH3 is 1. The van der Waals surface area contributed by atoms with E-state index in [1.807, 2.05) is 0 Å². The summed E-state index contributed by atoms with van der Waals surface area (Å²) in [5.41, 5.74) is 0.235. The van der Waals surface area contributed by atoms with E-state index < -0.39 is 5.97 Å². The van der Waals surface area contributed by atoms with Gasteiger partial charge in [0.15, 0.2) is 11.5 Å². The topological polar surface area (TPSA) is 67.3 Å². The van der Waals surface area contributed by atoms with Crippen LogP contribution in [-0.2, 0) is 4.74 Å². The van der Waals surface area contributed by atoms with E-state index in [0.29, 0.717) is 6.04 Å². The molecule has 1 aliphatic heterocycles. The van der Waals surface area contributed by atoms with Crippen molar-refractivity contribution in [2.45, 2.75) is 13.0 Å². The third-order valence-electron chi connectivity index (χ3n) is 2.84. The first-order valence-corrected chi connectivity index (χ1v) is 5.62. The van der Waals surface area contributed by atoms with Gasteiger partial charge in [-0.25, -0.2) is 4.79 Å². The number of rotatable bonds is 2. The van der Waals surface area contributed by atoms with Crippen LogP contribution < -0.4 is 10.2 Å². The van der Waals surface area contributed by atoms with Gasteiger partial charge in [0, 0.05) is 25.7 Å². The Labute approximate surface area is 100.0 Å². The molecule has 0 aliphatic carbocycles. The largest absolute Gasteiger partial charge is 0.464 e. The van der Waals surface area contributed by atoms with Crippen LogP contribution in [0.25, 0.3) is 0 Å². The van der Waals surface area contributed by atoms with Gasteiger partial charge < -0.3 is 15.0 Å². The van der Waals surface area contributed by atoms with Crippen molar-refractivity contribution >= 4 is 11.8 Å². The summed E-state index contributed by atoms with van der Waals surface area (Å²) in [5, 5.41) is 11.3. The first-order chi connectivity index (χ1) is 8.22. The molecule has 6 heteroatoms. The number of aromatic nitrogens is 2. The monoisotopic (exact) mass is 236 g/mol. The lowest BCUT2D eigenvalue weighted by Crippen LogP contribution is -2.50. The maximum atomic E-state index is 11.2. The first-order valence-electron chi connectivity index (χ1n) is 5.62. The number of carbonyl (C=O) groups excluding carboxylic acids is 1. The van der Waals surface area contributed by atoms with Crippen molar-refractivity contribution in [2.24, 2.45) is 0 Å². The van der Waals surface area contributed by atoms with E-state index in [9.17, 15) is 4.79 Å². The van der Waals surface area contributed by atoms with Crippen molar-refractivity contribution in [3.63, 3.8) is 0 Å². The number of piperazine rings is 1. The summed E-state index contributed by atoms with van der Waals surface area (Å²) in [6.45, 7) is 4.89. The third-order valence-corrected chi connectivity index (χ3v) is 2.84. The highest BCUT2D eigenvalue weighted by Crippen LogP contribution is 2.14. The molecule has 1 fully saturated rings. The van der Waals surface area contributed by atoms with Gasteiger partial charge in [0.1, 0.15) is 0 Å². The lowest BCUT2D eigenvalue weighted by Gasteiger charge is -2.34. The number of nitrogens with zero attached hydrogens (tertiary/aromatic N) is 3. The number of carbonyl (C=O) groups is 1. The van der Waals surface area contributed by atoms with Crippen LogP contribution in [-0.4, -0.2) is 49.0 Å². The average Bonchev–Trinajstić information content (AvgIpc) is 2.39. The van der Waals surface area contributed by atoms with Gasteiger partial charge in [0.25, 0.3) is 0 Å². The highest BCUT2D eigenvalue weighted by atomic mass is 16.5. The molecular weight excluding hydrogens is 220 g/mol. The molecule has 0 spiro atoms. The SMILES string of the molecule is COC(=O)c1ccc(N2CCNCC2C)nn1. The van der Waals surface area contributed by atoms with E-state index in [1.54, 1.807) is 12.1 Å². The number of esters is 1. The second-order valence-corrected chi connectivity index (χ2v) is 4.01. The van der Waals surface area contributed by atoms with E-state index in [4.69, 9.17) is 0 Å². The van der Waals surface area contributed by atoms with Crippen molar-refractivity contribution in [3.8, 4) is 0 Å². The second-order valence-electron chi connectivity index (χ2n) is 4.01. The van der Waals surface area contributed by atoms with E-state index in [-0.39, 0.29) is 5.69 Å². The first kappa shape index (κ1) is 11.8. The lowest BCUT2D eigenvalue weighted by atomic mass is 10.2. The molecule has 1 aliphatic rings. The summed E-state index contributed by atoms with van der Waals surface area (Å²) >= 11 is 0. The quantitative estimate of drug-likeness (QED) is 0.732. The van der Waals surface area contributed by atoms with Gasteiger partial charge in [-0.05, 0) is 19.1 Å². The summed E-state index contributed by atoms with van der Waals surface area (Å²) in [6.07, 6.45) is 0. The zero-order valence-electron chi connectivity index (χ0n) is 10.0. The Kier molecular flexibility index (Phi) is 3.53. The molecule has 0 radical (unpaired) electrons. The molecule has 0 bridgehead atoms. The number of nitrogens with one attached hydrogen (secondary N) is 1. The van der Waals surface area contributed by atoms with Crippen LogP contribution in [0.2, 0.25) is 0 Å².